The molecule has 0 bridgehead atoms. The van der Waals surface area contributed by atoms with Crippen LogP contribution in [-0.2, 0) is 0 Å². The van der Waals surface area contributed by atoms with Gasteiger partial charge in [-0.15, -0.1) is 12.4 Å². The molecular formula is C17H25ClN2O. The Bertz CT molecular complexity index is 512. The minimum atomic E-state index is 0. The number of nitrogen functional groups attached to an aromatic ring is 1. The number of aryl methyl sites for hydroxylation is 1. The quantitative estimate of drug-likeness (QED) is 0.837. The number of halogens is 1. The fourth-order valence-corrected chi connectivity index (χ4v) is 3.59. The molecule has 0 saturated heterocycles. The van der Waals surface area contributed by atoms with Gasteiger partial charge in [0.1, 0.15) is 0 Å². The number of anilines is 1. The standard InChI is InChI=1S/C17H24N2O.ClH/c1-11-7-8-13(18)9-14(11)17(20)19-16-10-15(16)12-5-3-2-4-6-12;/h7-9,12,15-16H,2-6,10,18H2,1H3,(H,19,20);1H. The molecule has 2 atom stereocenters. The van der Waals surface area contributed by atoms with Crippen LogP contribution >= 0.6 is 12.4 Å². The zero-order valence-corrected chi connectivity index (χ0v) is 13.4. The highest BCUT2D eigenvalue weighted by Gasteiger charge is 2.43. The minimum Gasteiger partial charge on any atom is -0.399 e. The van der Waals surface area contributed by atoms with Gasteiger partial charge in [-0.3, -0.25) is 4.79 Å². The van der Waals surface area contributed by atoms with E-state index in [4.69, 9.17) is 5.73 Å². The van der Waals surface area contributed by atoms with E-state index in [1.807, 2.05) is 19.1 Å². The van der Waals surface area contributed by atoms with Gasteiger partial charge in [0.15, 0.2) is 0 Å². The summed E-state index contributed by atoms with van der Waals surface area (Å²) in [5, 5.41) is 3.19. The van der Waals surface area contributed by atoms with Gasteiger partial charge >= 0.3 is 0 Å². The van der Waals surface area contributed by atoms with E-state index in [0.29, 0.717) is 11.7 Å². The first-order chi connectivity index (χ1) is 9.65. The number of nitrogens with two attached hydrogens (primary N) is 1. The molecule has 21 heavy (non-hydrogen) atoms. The van der Waals surface area contributed by atoms with Gasteiger partial charge in [-0.2, -0.15) is 0 Å². The molecule has 1 aromatic rings. The summed E-state index contributed by atoms with van der Waals surface area (Å²) in [6.07, 6.45) is 8.01. The van der Waals surface area contributed by atoms with E-state index in [0.717, 1.165) is 29.4 Å². The smallest absolute Gasteiger partial charge is 0.251 e. The topological polar surface area (TPSA) is 55.1 Å². The predicted molar refractivity (Wildman–Crippen MR) is 88.8 cm³/mol. The van der Waals surface area contributed by atoms with Crippen LogP contribution in [0.25, 0.3) is 0 Å². The van der Waals surface area contributed by atoms with Crippen molar-refractivity contribution in [1.82, 2.24) is 5.32 Å². The van der Waals surface area contributed by atoms with Crippen LogP contribution in [-0.4, -0.2) is 11.9 Å². The van der Waals surface area contributed by atoms with Crippen molar-refractivity contribution in [3.05, 3.63) is 29.3 Å². The van der Waals surface area contributed by atoms with Crippen LogP contribution in [0.4, 0.5) is 5.69 Å². The molecule has 3 N–H and O–H groups in total. The third-order valence-corrected chi connectivity index (χ3v) is 4.92. The summed E-state index contributed by atoms with van der Waals surface area (Å²) < 4.78 is 0. The number of nitrogens with one attached hydrogen (secondary N) is 1. The molecule has 3 nitrogen and oxygen atoms in total. The molecule has 0 heterocycles. The second-order valence-corrected chi connectivity index (χ2v) is 6.45. The molecule has 1 aromatic carbocycles. The molecule has 0 spiro atoms. The highest BCUT2D eigenvalue weighted by atomic mass is 35.5. The number of carbonyl (C=O) groups is 1. The lowest BCUT2D eigenvalue weighted by atomic mass is 9.85. The van der Waals surface area contributed by atoms with Crippen molar-refractivity contribution in [2.75, 3.05) is 5.73 Å². The van der Waals surface area contributed by atoms with Crippen molar-refractivity contribution in [1.29, 1.82) is 0 Å². The average Bonchev–Trinajstić information content (AvgIpc) is 3.21. The molecule has 2 unspecified atom stereocenters. The van der Waals surface area contributed by atoms with Crippen LogP contribution in [0, 0.1) is 18.8 Å². The largest absolute Gasteiger partial charge is 0.399 e. The van der Waals surface area contributed by atoms with Crippen LogP contribution in [0.2, 0.25) is 0 Å². The van der Waals surface area contributed by atoms with Crippen molar-refractivity contribution >= 4 is 24.0 Å². The maximum absolute atomic E-state index is 12.3. The maximum Gasteiger partial charge on any atom is 0.251 e. The highest BCUT2D eigenvalue weighted by molar-refractivity contribution is 5.96. The fraction of sp³-hybridized carbons (Fsp3) is 0.588. The first kappa shape index (κ1) is 16.2. The highest BCUT2D eigenvalue weighted by Crippen LogP contribution is 2.44. The molecule has 2 fully saturated rings. The number of rotatable bonds is 3. The molecule has 2 aliphatic carbocycles. The van der Waals surface area contributed by atoms with E-state index < -0.39 is 0 Å². The van der Waals surface area contributed by atoms with Crippen LogP contribution in [0.15, 0.2) is 18.2 Å². The van der Waals surface area contributed by atoms with E-state index in [-0.39, 0.29) is 18.3 Å². The summed E-state index contributed by atoms with van der Waals surface area (Å²) in [5.74, 6) is 1.61. The van der Waals surface area contributed by atoms with Gasteiger partial charge in [-0.05, 0) is 42.9 Å². The molecule has 3 rings (SSSR count). The Kier molecular flexibility index (Phi) is 5.15. The summed E-state index contributed by atoms with van der Waals surface area (Å²) in [6, 6.07) is 5.93. The Labute approximate surface area is 133 Å². The van der Waals surface area contributed by atoms with Crippen molar-refractivity contribution < 1.29 is 4.79 Å². The van der Waals surface area contributed by atoms with Gasteiger partial charge in [0.2, 0.25) is 0 Å². The van der Waals surface area contributed by atoms with Crippen LogP contribution in [0.1, 0.15) is 54.4 Å². The third kappa shape index (κ3) is 3.70. The van der Waals surface area contributed by atoms with Gasteiger partial charge in [0.25, 0.3) is 5.91 Å². The van der Waals surface area contributed by atoms with Gasteiger partial charge in [0, 0.05) is 17.3 Å². The Morgan fingerprint density at radius 2 is 1.95 bits per heavy atom. The SMILES string of the molecule is Cc1ccc(N)cc1C(=O)NC1CC1C1CCCCC1.Cl. The minimum absolute atomic E-state index is 0. The summed E-state index contributed by atoms with van der Waals surface area (Å²) in [4.78, 5) is 12.3. The lowest BCUT2D eigenvalue weighted by Gasteiger charge is -2.21. The molecule has 116 valence electrons. The second kappa shape index (κ2) is 6.69. The predicted octanol–water partition coefficient (Wildman–Crippen LogP) is 3.70. The number of amides is 1. The first-order valence-electron chi connectivity index (χ1n) is 7.82. The molecule has 2 saturated carbocycles. The van der Waals surface area contributed by atoms with Gasteiger partial charge in [-0.25, -0.2) is 0 Å². The molecular weight excluding hydrogens is 284 g/mol. The van der Waals surface area contributed by atoms with Crippen molar-refractivity contribution in [2.24, 2.45) is 11.8 Å². The summed E-state index contributed by atoms with van der Waals surface area (Å²) in [7, 11) is 0. The molecule has 1 amide bonds. The van der Waals surface area contributed by atoms with Crippen LogP contribution in [0.3, 0.4) is 0 Å². The van der Waals surface area contributed by atoms with E-state index in [1.165, 1.54) is 32.1 Å². The Hall–Kier alpha value is -1.22. The van der Waals surface area contributed by atoms with Crippen molar-refractivity contribution in [2.45, 2.75) is 51.5 Å². The monoisotopic (exact) mass is 308 g/mol. The number of hydrogen-bond acceptors (Lipinski definition) is 2. The average molecular weight is 309 g/mol. The van der Waals surface area contributed by atoms with Crippen LogP contribution in [0.5, 0.6) is 0 Å². The molecule has 2 aliphatic rings. The fourth-order valence-electron chi connectivity index (χ4n) is 3.59. The van der Waals surface area contributed by atoms with Gasteiger partial charge in [0.05, 0.1) is 0 Å². The van der Waals surface area contributed by atoms with Gasteiger partial charge < -0.3 is 11.1 Å². The van der Waals surface area contributed by atoms with Gasteiger partial charge in [-0.1, -0.05) is 38.2 Å². The van der Waals surface area contributed by atoms with Crippen molar-refractivity contribution in [3.63, 3.8) is 0 Å². The number of carbonyl (C=O) groups excluding carboxylic acids is 1. The molecule has 0 aromatic heterocycles. The lowest BCUT2D eigenvalue weighted by Crippen LogP contribution is -2.29. The first-order valence-corrected chi connectivity index (χ1v) is 7.82. The maximum atomic E-state index is 12.3. The van der Waals surface area contributed by atoms with E-state index in [2.05, 4.69) is 5.32 Å². The van der Waals surface area contributed by atoms with E-state index >= 15 is 0 Å². The zero-order chi connectivity index (χ0) is 14.1. The molecule has 4 heteroatoms. The Morgan fingerprint density at radius 3 is 2.67 bits per heavy atom. The van der Waals surface area contributed by atoms with E-state index in [9.17, 15) is 4.79 Å². The van der Waals surface area contributed by atoms with E-state index in [1.54, 1.807) is 6.07 Å². The second-order valence-electron chi connectivity index (χ2n) is 6.45. The van der Waals surface area contributed by atoms with Crippen molar-refractivity contribution in [3.8, 4) is 0 Å². The third-order valence-electron chi connectivity index (χ3n) is 4.92. The Morgan fingerprint density at radius 1 is 1.24 bits per heavy atom. The van der Waals surface area contributed by atoms with Crippen LogP contribution < -0.4 is 11.1 Å². The normalized spacial score (nSPS) is 25.0. The summed E-state index contributed by atoms with van der Waals surface area (Å²) >= 11 is 0. The molecule has 0 aliphatic heterocycles. The molecule has 0 radical (unpaired) electrons. The number of benzene rings is 1. The lowest BCUT2D eigenvalue weighted by molar-refractivity contribution is 0.0946. The summed E-state index contributed by atoms with van der Waals surface area (Å²) in [5.41, 5.74) is 8.14. The summed E-state index contributed by atoms with van der Waals surface area (Å²) in [6.45, 7) is 1.96. The Balaban J connectivity index is 0.00000161. The zero-order valence-electron chi connectivity index (χ0n) is 12.6. The number of hydrogen-bond donors (Lipinski definition) is 2.